The highest BCUT2D eigenvalue weighted by Crippen LogP contribution is 2.65. The van der Waals surface area contributed by atoms with Crippen LogP contribution in [0, 0.1) is 29.0 Å². The molecule has 1 saturated heterocycles. The van der Waals surface area contributed by atoms with Gasteiger partial charge in [0.15, 0.2) is 11.6 Å². The molecule has 1 aliphatic heterocycles. The molecule has 4 fully saturated rings. The van der Waals surface area contributed by atoms with E-state index >= 15 is 4.39 Å². The van der Waals surface area contributed by atoms with Crippen molar-refractivity contribution in [1.82, 2.24) is 19.6 Å². The minimum Gasteiger partial charge on any atom is -0.368 e. The first-order valence-corrected chi connectivity index (χ1v) is 15.8. The number of nitrogens with zero attached hydrogens (tertiary/aromatic N) is 4. The van der Waals surface area contributed by atoms with E-state index in [9.17, 15) is 13.2 Å². The Labute approximate surface area is 240 Å². The number of sulfonamides is 1. The zero-order valence-corrected chi connectivity index (χ0v) is 25.0. The fourth-order valence-corrected chi connectivity index (χ4v) is 8.06. The number of nitrogens with one attached hydrogen (secondary N) is 3. The van der Waals surface area contributed by atoms with Gasteiger partial charge in [0, 0.05) is 38.9 Å². The second kappa shape index (κ2) is 10.3. The van der Waals surface area contributed by atoms with Crippen molar-refractivity contribution in [2.45, 2.75) is 39.2 Å². The summed E-state index contributed by atoms with van der Waals surface area (Å²) in [6, 6.07) is 5.42. The lowest BCUT2D eigenvalue weighted by Crippen LogP contribution is -2.69. The number of fused-ring (bicyclic) bond motifs is 2. The van der Waals surface area contributed by atoms with Crippen molar-refractivity contribution in [2.75, 3.05) is 55.0 Å². The predicted octanol–water partition coefficient (Wildman–Crippen LogP) is 3.69. The van der Waals surface area contributed by atoms with E-state index < -0.39 is 21.4 Å². The quantitative estimate of drug-likeness (QED) is 0.445. The number of amides is 1. The monoisotopic (exact) mass is 593 g/mol. The van der Waals surface area contributed by atoms with E-state index in [1.807, 2.05) is 24.0 Å². The second-order valence-electron chi connectivity index (χ2n) is 11.9. The summed E-state index contributed by atoms with van der Waals surface area (Å²) in [7, 11) is -1.59. The van der Waals surface area contributed by atoms with Crippen molar-refractivity contribution >= 4 is 50.7 Å². The van der Waals surface area contributed by atoms with Crippen LogP contribution in [-0.4, -0.2) is 73.6 Å². The van der Waals surface area contributed by atoms with Crippen LogP contribution in [0.15, 0.2) is 24.4 Å². The van der Waals surface area contributed by atoms with Gasteiger partial charge in [-0.15, -0.1) is 0 Å². The van der Waals surface area contributed by atoms with Gasteiger partial charge in [0.25, 0.3) is 0 Å². The Morgan fingerprint density at radius 2 is 1.85 bits per heavy atom. The van der Waals surface area contributed by atoms with Crippen LogP contribution in [0.1, 0.15) is 33.6 Å². The topological polar surface area (TPSA) is 120 Å². The van der Waals surface area contributed by atoms with Crippen molar-refractivity contribution < 1.29 is 17.6 Å². The molecule has 13 heteroatoms. The molecular formula is C27H37ClFN7O3S. The van der Waals surface area contributed by atoms with Crippen LogP contribution >= 0.6 is 11.6 Å². The molecule has 0 spiro atoms. The lowest BCUT2D eigenvalue weighted by atomic mass is 9.40. The highest BCUT2D eigenvalue weighted by molar-refractivity contribution is 7.88. The van der Waals surface area contributed by atoms with Crippen LogP contribution in [0.2, 0.25) is 5.02 Å². The van der Waals surface area contributed by atoms with E-state index in [0.717, 1.165) is 24.7 Å². The van der Waals surface area contributed by atoms with Crippen LogP contribution in [0.25, 0.3) is 0 Å². The zero-order chi connectivity index (χ0) is 29.0. The fourth-order valence-electron chi connectivity index (χ4n) is 6.93. The Morgan fingerprint density at radius 3 is 2.45 bits per heavy atom. The van der Waals surface area contributed by atoms with Crippen molar-refractivity contribution in [3.8, 4) is 0 Å². The van der Waals surface area contributed by atoms with Gasteiger partial charge < -0.3 is 20.9 Å². The molecule has 1 amide bonds. The van der Waals surface area contributed by atoms with E-state index in [1.165, 1.54) is 10.6 Å². The van der Waals surface area contributed by atoms with Gasteiger partial charge in [0.05, 0.1) is 34.6 Å². The number of rotatable bonds is 7. The molecule has 4 aliphatic rings. The average molecular weight is 594 g/mol. The molecule has 218 valence electrons. The van der Waals surface area contributed by atoms with Gasteiger partial charge in [-0.2, -0.15) is 9.29 Å². The van der Waals surface area contributed by atoms with Crippen molar-refractivity contribution in [1.29, 1.82) is 0 Å². The first-order valence-electron chi connectivity index (χ1n) is 13.5. The van der Waals surface area contributed by atoms with Crippen LogP contribution in [-0.2, 0) is 14.8 Å². The van der Waals surface area contributed by atoms with Crippen molar-refractivity contribution in [3.63, 3.8) is 0 Å². The minimum atomic E-state index is -3.22. The van der Waals surface area contributed by atoms with Crippen molar-refractivity contribution in [2.24, 2.45) is 23.2 Å². The molecule has 3 saturated carbocycles. The molecule has 2 aromatic rings. The summed E-state index contributed by atoms with van der Waals surface area (Å²) in [4.78, 5) is 23.4. The number of halogens is 2. The maximum atomic E-state index is 15.0. The van der Waals surface area contributed by atoms with E-state index in [-0.39, 0.29) is 34.9 Å². The normalized spacial score (nSPS) is 28.0. The lowest BCUT2D eigenvalue weighted by molar-refractivity contribution is -0.155. The van der Waals surface area contributed by atoms with Crippen LogP contribution < -0.4 is 20.9 Å². The largest absolute Gasteiger partial charge is 0.368 e. The Hall–Kier alpha value is -2.70. The summed E-state index contributed by atoms with van der Waals surface area (Å²) in [5.41, 5.74) is 0.773. The number of aromatic nitrogens is 2. The van der Waals surface area contributed by atoms with E-state index in [2.05, 4.69) is 39.8 Å². The highest BCUT2D eigenvalue weighted by Gasteiger charge is 2.64. The van der Waals surface area contributed by atoms with Gasteiger partial charge in [0.1, 0.15) is 0 Å². The predicted molar refractivity (Wildman–Crippen MR) is 155 cm³/mol. The SMILES string of the molecule is CNC(=O)[C@H]1C[C@@H]2C[C@H](C2(C)C)[C@@]1(C)Nc1nc(Nc2ccc(N3CCN(S(C)(=O)=O)CC3)c(Cl)c2)ncc1F. The number of anilines is 4. The van der Waals surface area contributed by atoms with Gasteiger partial charge >= 0.3 is 0 Å². The third kappa shape index (κ3) is 5.09. The number of piperazine rings is 1. The molecule has 2 bridgehead atoms. The summed E-state index contributed by atoms with van der Waals surface area (Å²) in [5.74, 6) is -0.0944. The van der Waals surface area contributed by atoms with Crippen molar-refractivity contribution in [3.05, 3.63) is 35.2 Å². The molecule has 40 heavy (non-hydrogen) atoms. The molecule has 4 atom stereocenters. The molecule has 2 heterocycles. The summed E-state index contributed by atoms with van der Waals surface area (Å²) < 4.78 is 40.1. The number of carbonyl (C=O) groups is 1. The molecule has 0 unspecified atom stereocenters. The Bertz CT molecular complexity index is 1420. The standard InChI is InChI=1S/C27H37ClFN7O3S/c1-26(2)16-12-18(24(37)30-4)27(3,22(26)13-16)34-23-20(29)15-31-25(33-23)32-17-6-7-21(19(28)14-17)35-8-10-36(11-9-35)40(5,38)39/h6-7,14-16,18,22H,8-13H2,1-5H3,(H,30,37)(H2,31,32,33,34)/t16-,18-,22-,27+/m1/s1. The summed E-state index contributed by atoms with van der Waals surface area (Å²) in [6.07, 6.45) is 4.05. The molecule has 3 N–H and O–H groups in total. The minimum absolute atomic E-state index is 0.0345. The maximum Gasteiger partial charge on any atom is 0.229 e. The summed E-state index contributed by atoms with van der Waals surface area (Å²) in [6.45, 7) is 8.29. The van der Waals surface area contributed by atoms with Gasteiger partial charge in [-0.25, -0.2) is 17.8 Å². The van der Waals surface area contributed by atoms with Gasteiger partial charge in [0.2, 0.25) is 21.9 Å². The molecule has 0 radical (unpaired) electrons. The smallest absolute Gasteiger partial charge is 0.229 e. The van der Waals surface area contributed by atoms with Crippen LogP contribution in [0.3, 0.4) is 0 Å². The van der Waals surface area contributed by atoms with E-state index in [0.29, 0.717) is 42.8 Å². The number of benzene rings is 1. The van der Waals surface area contributed by atoms with Gasteiger partial charge in [-0.05, 0) is 55.2 Å². The van der Waals surface area contributed by atoms with Gasteiger partial charge in [-0.3, -0.25) is 4.79 Å². The molecule has 1 aromatic carbocycles. The fraction of sp³-hybridized carbons (Fsp3) is 0.593. The molecule has 6 rings (SSSR count). The zero-order valence-electron chi connectivity index (χ0n) is 23.5. The number of carbonyl (C=O) groups excluding carboxylic acids is 1. The number of hydrogen-bond donors (Lipinski definition) is 3. The maximum absolute atomic E-state index is 15.0. The van der Waals surface area contributed by atoms with E-state index in [1.54, 1.807) is 13.1 Å². The first-order chi connectivity index (χ1) is 18.7. The van der Waals surface area contributed by atoms with Crippen LogP contribution in [0.4, 0.5) is 27.5 Å². The highest BCUT2D eigenvalue weighted by atomic mass is 35.5. The Balaban J connectivity index is 1.33. The number of hydrogen-bond acceptors (Lipinski definition) is 8. The summed E-state index contributed by atoms with van der Waals surface area (Å²) in [5, 5.41) is 9.71. The Kier molecular flexibility index (Phi) is 7.41. The van der Waals surface area contributed by atoms with E-state index in [4.69, 9.17) is 11.6 Å². The second-order valence-corrected chi connectivity index (χ2v) is 14.3. The molecule has 1 aromatic heterocycles. The molecule has 10 nitrogen and oxygen atoms in total. The van der Waals surface area contributed by atoms with Crippen LogP contribution in [0.5, 0.6) is 0 Å². The first kappa shape index (κ1) is 28.8. The van der Waals surface area contributed by atoms with Gasteiger partial charge in [-0.1, -0.05) is 25.4 Å². The average Bonchev–Trinajstić information content (AvgIpc) is 2.89. The third-order valence-corrected chi connectivity index (χ3v) is 11.0. The lowest BCUT2D eigenvalue weighted by Gasteiger charge is -2.66. The Morgan fingerprint density at radius 1 is 1.15 bits per heavy atom. The third-order valence-electron chi connectivity index (χ3n) is 9.39. The summed E-state index contributed by atoms with van der Waals surface area (Å²) >= 11 is 6.60. The molecular weight excluding hydrogens is 557 g/mol. The molecule has 3 aliphatic carbocycles.